The van der Waals surface area contributed by atoms with E-state index in [1.165, 1.54) is 12.4 Å². The van der Waals surface area contributed by atoms with Crippen molar-refractivity contribution in [1.29, 1.82) is 0 Å². The van der Waals surface area contributed by atoms with Gasteiger partial charge in [0.1, 0.15) is 24.4 Å². The average molecular weight is 461 g/mol. The number of rotatable bonds is 4. The molecule has 2 atom stereocenters. The second-order valence-corrected chi connectivity index (χ2v) is 7.39. The van der Waals surface area contributed by atoms with Crippen LogP contribution in [0.3, 0.4) is 0 Å². The van der Waals surface area contributed by atoms with Gasteiger partial charge >= 0.3 is 6.18 Å². The number of anilines is 1. The maximum Gasteiger partial charge on any atom is 0.405 e. The van der Waals surface area contributed by atoms with Crippen molar-refractivity contribution in [1.82, 2.24) is 25.3 Å². The molecule has 0 bridgehead atoms. The molecular formula is C18H14ClF5N6O. The number of nitrogens with zero attached hydrogens (tertiary/aromatic N) is 4. The summed E-state index contributed by atoms with van der Waals surface area (Å²) in [6, 6.07) is 0.247. The molecule has 13 heteroatoms. The SMILES string of the molecule is O=C(NCC(F)(F)F)[C@@H]1C[C@@H](F)CN1c1nc(-c2c[nH]c3ncc(Cl)cc23)ncc1F. The number of carbonyl (C=O) groups is 1. The van der Waals surface area contributed by atoms with Crippen LogP contribution in [0, 0.1) is 5.82 Å². The molecule has 1 amide bonds. The molecule has 0 radical (unpaired) electrons. The van der Waals surface area contributed by atoms with Crippen molar-refractivity contribution in [2.45, 2.75) is 24.8 Å². The summed E-state index contributed by atoms with van der Waals surface area (Å²) in [5, 5.41) is 2.61. The van der Waals surface area contributed by atoms with Crippen LogP contribution in [0.1, 0.15) is 6.42 Å². The molecular weight excluding hydrogens is 447 g/mol. The van der Waals surface area contributed by atoms with Crippen molar-refractivity contribution in [3.8, 4) is 11.4 Å². The Morgan fingerprint density at radius 1 is 1.32 bits per heavy atom. The van der Waals surface area contributed by atoms with E-state index in [1.54, 1.807) is 11.4 Å². The predicted molar refractivity (Wildman–Crippen MR) is 102 cm³/mol. The van der Waals surface area contributed by atoms with E-state index >= 15 is 0 Å². The van der Waals surface area contributed by atoms with Crippen LogP contribution in [0.2, 0.25) is 5.02 Å². The number of H-pyrrole nitrogens is 1. The molecule has 0 aromatic carbocycles. The van der Waals surface area contributed by atoms with E-state index in [9.17, 15) is 26.7 Å². The zero-order valence-electron chi connectivity index (χ0n) is 15.6. The highest BCUT2D eigenvalue weighted by Crippen LogP contribution is 2.32. The normalized spacial score (nSPS) is 19.2. The summed E-state index contributed by atoms with van der Waals surface area (Å²) in [5.74, 6) is -2.35. The molecule has 4 rings (SSSR count). The Morgan fingerprint density at radius 3 is 2.84 bits per heavy atom. The molecule has 3 aromatic rings. The first-order valence-electron chi connectivity index (χ1n) is 9.03. The fourth-order valence-electron chi connectivity index (χ4n) is 3.42. The lowest BCUT2D eigenvalue weighted by Gasteiger charge is -2.25. The first-order valence-corrected chi connectivity index (χ1v) is 9.41. The number of aromatic amines is 1. The molecule has 0 unspecified atom stereocenters. The van der Waals surface area contributed by atoms with Crippen molar-refractivity contribution in [2.75, 3.05) is 18.0 Å². The number of fused-ring (bicyclic) bond motifs is 1. The molecule has 1 fully saturated rings. The van der Waals surface area contributed by atoms with E-state index in [2.05, 4.69) is 19.9 Å². The zero-order chi connectivity index (χ0) is 22.3. The average Bonchev–Trinajstić information content (AvgIpc) is 3.29. The Bertz CT molecular complexity index is 1140. The van der Waals surface area contributed by atoms with Gasteiger partial charge in [0.2, 0.25) is 5.91 Å². The fraction of sp³-hybridized carbons (Fsp3) is 0.333. The van der Waals surface area contributed by atoms with Crippen LogP contribution in [-0.4, -0.2) is 57.3 Å². The Hall–Kier alpha value is -3.02. The lowest BCUT2D eigenvalue weighted by Crippen LogP contribution is -2.46. The highest BCUT2D eigenvalue weighted by molar-refractivity contribution is 6.31. The monoisotopic (exact) mass is 460 g/mol. The molecule has 1 saturated heterocycles. The van der Waals surface area contributed by atoms with Crippen molar-refractivity contribution in [3.05, 3.63) is 35.5 Å². The molecule has 1 aliphatic heterocycles. The van der Waals surface area contributed by atoms with Crippen LogP contribution in [0.25, 0.3) is 22.4 Å². The number of hydrogen-bond acceptors (Lipinski definition) is 5. The Kier molecular flexibility index (Phi) is 5.42. The fourth-order valence-corrected chi connectivity index (χ4v) is 3.58. The summed E-state index contributed by atoms with van der Waals surface area (Å²) in [6.07, 6.45) is -2.76. The minimum atomic E-state index is -4.63. The van der Waals surface area contributed by atoms with Crippen LogP contribution < -0.4 is 10.2 Å². The quantitative estimate of drug-likeness (QED) is 0.583. The van der Waals surface area contributed by atoms with Gasteiger partial charge in [-0.3, -0.25) is 4.79 Å². The summed E-state index contributed by atoms with van der Waals surface area (Å²) in [5.41, 5.74) is 0.906. The zero-order valence-corrected chi connectivity index (χ0v) is 16.3. The topological polar surface area (TPSA) is 86.8 Å². The van der Waals surface area contributed by atoms with Crippen molar-refractivity contribution < 1.29 is 26.7 Å². The van der Waals surface area contributed by atoms with Gasteiger partial charge in [0.05, 0.1) is 17.8 Å². The maximum atomic E-state index is 14.5. The van der Waals surface area contributed by atoms with E-state index in [-0.39, 0.29) is 11.6 Å². The highest BCUT2D eigenvalue weighted by Gasteiger charge is 2.40. The molecule has 3 aromatic heterocycles. The van der Waals surface area contributed by atoms with Gasteiger partial charge in [-0.15, -0.1) is 0 Å². The lowest BCUT2D eigenvalue weighted by molar-refractivity contribution is -0.139. The standard InChI is InChI=1S/C18H14ClF5N6O/c19-8-1-10-11(4-26-14(10)25-3-8)15-27-5-12(21)16(29-15)30-6-9(20)2-13(30)17(31)28-7-18(22,23)24/h1,3-5,9,13H,2,6-7H2,(H,25,26)(H,28,31)/t9-,13+/m1/s1. The number of halogens is 6. The third kappa shape index (κ3) is 4.38. The largest absolute Gasteiger partial charge is 0.405 e. The summed E-state index contributed by atoms with van der Waals surface area (Å²) in [6.45, 7) is -1.98. The minimum Gasteiger partial charge on any atom is -0.345 e. The van der Waals surface area contributed by atoms with Crippen LogP contribution in [0.4, 0.5) is 27.8 Å². The molecule has 0 saturated carbocycles. The van der Waals surface area contributed by atoms with Gasteiger partial charge in [0.25, 0.3) is 0 Å². The molecule has 7 nitrogen and oxygen atoms in total. The van der Waals surface area contributed by atoms with Crippen LogP contribution in [0.15, 0.2) is 24.7 Å². The van der Waals surface area contributed by atoms with Gasteiger partial charge in [-0.25, -0.2) is 23.7 Å². The number of amides is 1. The maximum absolute atomic E-state index is 14.5. The first-order chi connectivity index (χ1) is 14.6. The number of pyridine rings is 1. The predicted octanol–water partition coefficient (Wildman–Crippen LogP) is 3.41. The smallest absolute Gasteiger partial charge is 0.345 e. The number of carbonyl (C=O) groups excluding carboxylic acids is 1. The van der Waals surface area contributed by atoms with E-state index in [0.29, 0.717) is 21.6 Å². The van der Waals surface area contributed by atoms with Crippen molar-refractivity contribution in [2.24, 2.45) is 0 Å². The minimum absolute atomic E-state index is 0.0449. The summed E-state index contributed by atoms with van der Waals surface area (Å²) >= 11 is 5.98. The van der Waals surface area contributed by atoms with Crippen molar-refractivity contribution >= 4 is 34.4 Å². The summed E-state index contributed by atoms with van der Waals surface area (Å²) < 4.78 is 65.9. The van der Waals surface area contributed by atoms with Gasteiger partial charge in [-0.2, -0.15) is 13.2 Å². The Labute approximate surface area is 176 Å². The van der Waals surface area contributed by atoms with Gasteiger partial charge in [-0.1, -0.05) is 11.6 Å². The third-order valence-corrected chi connectivity index (χ3v) is 4.96. The Morgan fingerprint density at radius 2 is 2.10 bits per heavy atom. The summed E-state index contributed by atoms with van der Waals surface area (Å²) in [7, 11) is 0. The lowest BCUT2D eigenvalue weighted by atomic mass is 10.2. The second-order valence-electron chi connectivity index (χ2n) is 6.95. The number of alkyl halides is 4. The molecule has 0 aliphatic carbocycles. The van der Waals surface area contributed by atoms with E-state index in [0.717, 1.165) is 11.1 Å². The van der Waals surface area contributed by atoms with E-state index in [4.69, 9.17) is 11.6 Å². The van der Waals surface area contributed by atoms with Gasteiger partial charge in [0.15, 0.2) is 17.5 Å². The second kappa shape index (κ2) is 7.91. The first kappa shape index (κ1) is 21.2. The molecule has 4 heterocycles. The number of hydrogen-bond donors (Lipinski definition) is 2. The van der Waals surface area contributed by atoms with Gasteiger partial charge in [-0.05, 0) is 6.07 Å². The summed E-state index contributed by atoms with van der Waals surface area (Å²) in [4.78, 5) is 28.3. The van der Waals surface area contributed by atoms with E-state index in [1.807, 2.05) is 0 Å². The molecule has 2 N–H and O–H groups in total. The highest BCUT2D eigenvalue weighted by atomic mass is 35.5. The van der Waals surface area contributed by atoms with Gasteiger partial charge < -0.3 is 15.2 Å². The van der Waals surface area contributed by atoms with Crippen LogP contribution in [0.5, 0.6) is 0 Å². The number of aromatic nitrogens is 4. The molecule has 0 spiro atoms. The third-order valence-electron chi connectivity index (χ3n) is 4.75. The van der Waals surface area contributed by atoms with E-state index < -0.39 is 49.6 Å². The van der Waals surface area contributed by atoms with Crippen LogP contribution in [-0.2, 0) is 4.79 Å². The number of nitrogens with one attached hydrogen (secondary N) is 2. The van der Waals surface area contributed by atoms with Gasteiger partial charge in [0, 0.05) is 29.8 Å². The molecule has 1 aliphatic rings. The molecule has 31 heavy (non-hydrogen) atoms. The Balaban J connectivity index is 1.68. The van der Waals surface area contributed by atoms with Crippen molar-refractivity contribution in [3.63, 3.8) is 0 Å². The van der Waals surface area contributed by atoms with Crippen LogP contribution >= 0.6 is 11.6 Å². The molecule has 164 valence electrons.